The first kappa shape index (κ1) is 14.3. The van der Waals surface area contributed by atoms with Crippen LogP contribution in [0.4, 0.5) is 0 Å². The van der Waals surface area contributed by atoms with Gasteiger partial charge in [-0.1, -0.05) is 32.0 Å². The summed E-state index contributed by atoms with van der Waals surface area (Å²) in [5, 5.41) is 22.6. The molecule has 0 bridgehead atoms. The fourth-order valence-corrected chi connectivity index (χ4v) is 1.73. The van der Waals surface area contributed by atoms with Crippen LogP contribution in [0.5, 0.6) is 11.5 Å². The topological polar surface area (TPSA) is 105 Å². The number of phenols is 2. The van der Waals surface area contributed by atoms with E-state index in [1.54, 1.807) is 6.07 Å². The van der Waals surface area contributed by atoms with Gasteiger partial charge in [0.05, 0.1) is 6.04 Å². The molecule has 0 spiro atoms. The lowest BCUT2D eigenvalue weighted by molar-refractivity contribution is 0.343. The number of aromatic hydroxyl groups is 2. The molecule has 2 rings (SSSR count). The van der Waals surface area contributed by atoms with Crippen molar-refractivity contribution < 1.29 is 14.7 Å². The van der Waals surface area contributed by atoms with Crippen LogP contribution in [0, 0.1) is 0 Å². The van der Waals surface area contributed by atoms with E-state index in [1.165, 1.54) is 12.1 Å². The SMILES string of the molecule is CC(C)(C)c1noc(C(N)Cc2ccc(O)c(O)c2)n1. The summed E-state index contributed by atoms with van der Waals surface area (Å²) < 4.78 is 5.18. The minimum atomic E-state index is -0.456. The molecule has 1 aromatic heterocycles. The average molecular weight is 277 g/mol. The Hall–Kier alpha value is -2.08. The molecule has 0 aliphatic heterocycles. The van der Waals surface area contributed by atoms with Gasteiger partial charge in [0.25, 0.3) is 0 Å². The summed E-state index contributed by atoms with van der Waals surface area (Å²) in [6, 6.07) is 4.13. The molecule has 0 radical (unpaired) electrons. The molecule has 1 atom stereocenters. The Morgan fingerprint density at radius 2 is 1.95 bits per heavy atom. The van der Waals surface area contributed by atoms with Gasteiger partial charge in [-0.05, 0) is 24.1 Å². The molecule has 0 aliphatic carbocycles. The van der Waals surface area contributed by atoms with Crippen molar-refractivity contribution in [2.24, 2.45) is 5.73 Å². The van der Waals surface area contributed by atoms with E-state index in [4.69, 9.17) is 10.3 Å². The molecule has 1 unspecified atom stereocenters. The standard InChI is InChI=1S/C14H19N3O3/c1-14(2,3)13-16-12(20-17-13)9(15)6-8-4-5-10(18)11(19)7-8/h4-5,7,9,18-19H,6,15H2,1-3H3. The van der Waals surface area contributed by atoms with Crippen molar-refractivity contribution >= 4 is 0 Å². The molecule has 6 heteroatoms. The number of hydrogen-bond donors (Lipinski definition) is 3. The Kier molecular flexibility index (Phi) is 3.67. The maximum Gasteiger partial charge on any atom is 0.243 e. The first-order valence-electron chi connectivity index (χ1n) is 6.38. The summed E-state index contributed by atoms with van der Waals surface area (Å²) >= 11 is 0. The molecule has 0 fully saturated rings. The number of rotatable bonds is 3. The van der Waals surface area contributed by atoms with Crippen LogP contribution < -0.4 is 5.73 Å². The molecule has 1 aromatic carbocycles. The summed E-state index contributed by atoms with van der Waals surface area (Å²) in [5.41, 5.74) is 6.62. The molecule has 2 aromatic rings. The lowest BCUT2D eigenvalue weighted by Gasteiger charge is -2.11. The fraction of sp³-hybridized carbons (Fsp3) is 0.429. The second-order valence-electron chi connectivity index (χ2n) is 5.84. The highest BCUT2D eigenvalue weighted by Gasteiger charge is 2.23. The third-order valence-electron chi connectivity index (χ3n) is 2.93. The number of nitrogens with two attached hydrogens (primary N) is 1. The highest BCUT2D eigenvalue weighted by atomic mass is 16.5. The molecule has 1 heterocycles. The van der Waals surface area contributed by atoms with Crippen LogP contribution in [0.2, 0.25) is 0 Å². The molecule has 4 N–H and O–H groups in total. The molecule has 108 valence electrons. The zero-order chi connectivity index (χ0) is 14.9. The lowest BCUT2D eigenvalue weighted by Crippen LogP contribution is -2.16. The van der Waals surface area contributed by atoms with E-state index < -0.39 is 6.04 Å². The maximum absolute atomic E-state index is 9.45. The van der Waals surface area contributed by atoms with Crippen molar-refractivity contribution in [2.75, 3.05) is 0 Å². The van der Waals surface area contributed by atoms with Crippen LogP contribution in [0.1, 0.15) is 44.1 Å². The summed E-state index contributed by atoms with van der Waals surface area (Å²) in [6.07, 6.45) is 0.430. The van der Waals surface area contributed by atoms with Crippen molar-refractivity contribution in [1.82, 2.24) is 10.1 Å². The van der Waals surface area contributed by atoms with E-state index in [0.717, 1.165) is 5.56 Å². The number of nitrogens with zero attached hydrogens (tertiary/aromatic N) is 2. The Labute approximate surface area is 117 Å². The van der Waals surface area contributed by atoms with E-state index in [2.05, 4.69) is 10.1 Å². The second-order valence-corrected chi connectivity index (χ2v) is 5.84. The van der Waals surface area contributed by atoms with Crippen molar-refractivity contribution in [3.8, 4) is 11.5 Å². The van der Waals surface area contributed by atoms with Gasteiger partial charge < -0.3 is 20.5 Å². The maximum atomic E-state index is 9.45. The summed E-state index contributed by atoms with van der Waals surface area (Å²) in [4.78, 5) is 4.30. The minimum absolute atomic E-state index is 0.157. The molecular weight excluding hydrogens is 258 g/mol. The van der Waals surface area contributed by atoms with E-state index in [-0.39, 0.29) is 16.9 Å². The second kappa shape index (κ2) is 5.13. The van der Waals surface area contributed by atoms with Gasteiger partial charge in [0.2, 0.25) is 5.89 Å². The average Bonchev–Trinajstić information content (AvgIpc) is 2.83. The van der Waals surface area contributed by atoms with Crippen molar-refractivity contribution in [2.45, 2.75) is 38.6 Å². The van der Waals surface area contributed by atoms with Crippen LogP contribution in [0.25, 0.3) is 0 Å². The number of hydrogen-bond acceptors (Lipinski definition) is 6. The van der Waals surface area contributed by atoms with Gasteiger partial charge in [0, 0.05) is 5.41 Å². The van der Waals surface area contributed by atoms with Gasteiger partial charge in [-0.3, -0.25) is 0 Å². The summed E-state index contributed by atoms with van der Waals surface area (Å²) in [7, 11) is 0. The van der Waals surface area contributed by atoms with Gasteiger partial charge in [-0.15, -0.1) is 0 Å². The quantitative estimate of drug-likeness (QED) is 0.741. The smallest absolute Gasteiger partial charge is 0.243 e. The van der Waals surface area contributed by atoms with Gasteiger partial charge in [0.1, 0.15) is 0 Å². The highest BCUT2D eigenvalue weighted by Crippen LogP contribution is 2.27. The zero-order valence-electron chi connectivity index (χ0n) is 11.8. The third-order valence-corrected chi connectivity index (χ3v) is 2.93. The Morgan fingerprint density at radius 1 is 1.25 bits per heavy atom. The van der Waals surface area contributed by atoms with Crippen LogP contribution >= 0.6 is 0 Å². The lowest BCUT2D eigenvalue weighted by atomic mass is 9.96. The summed E-state index contributed by atoms with van der Waals surface area (Å²) in [6.45, 7) is 5.97. The molecular formula is C14H19N3O3. The first-order chi connectivity index (χ1) is 9.27. The largest absolute Gasteiger partial charge is 0.504 e. The van der Waals surface area contributed by atoms with E-state index >= 15 is 0 Å². The van der Waals surface area contributed by atoms with Crippen molar-refractivity contribution in [3.05, 3.63) is 35.5 Å². The van der Waals surface area contributed by atoms with E-state index in [9.17, 15) is 10.2 Å². The van der Waals surface area contributed by atoms with Crippen molar-refractivity contribution in [3.63, 3.8) is 0 Å². The predicted octanol–water partition coefficient (Wildman–Crippen LogP) is 2.02. The molecule has 0 saturated heterocycles. The van der Waals surface area contributed by atoms with Gasteiger partial charge in [-0.25, -0.2) is 0 Å². The molecule has 6 nitrogen and oxygen atoms in total. The van der Waals surface area contributed by atoms with Crippen LogP contribution in [0.15, 0.2) is 22.7 Å². The Morgan fingerprint density at radius 3 is 2.50 bits per heavy atom. The highest BCUT2D eigenvalue weighted by molar-refractivity contribution is 5.40. The fourth-order valence-electron chi connectivity index (χ4n) is 1.73. The first-order valence-corrected chi connectivity index (χ1v) is 6.38. The monoisotopic (exact) mass is 277 g/mol. The molecule has 0 aliphatic rings. The Bertz CT molecular complexity index is 602. The van der Waals surface area contributed by atoms with Crippen LogP contribution in [-0.4, -0.2) is 20.4 Å². The molecule has 0 saturated carbocycles. The third kappa shape index (κ3) is 3.08. The van der Waals surface area contributed by atoms with Crippen molar-refractivity contribution in [1.29, 1.82) is 0 Å². The zero-order valence-corrected chi connectivity index (χ0v) is 11.8. The molecule has 0 amide bonds. The Balaban J connectivity index is 2.13. The predicted molar refractivity (Wildman–Crippen MR) is 73.4 cm³/mol. The minimum Gasteiger partial charge on any atom is -0.504 e. The number of phenolic OH excluding ortho intramolecular Hbond substituents is 2. The van der Waals surface area contributed by atoms with Gasteiger partial charge in [0.15, 0.2) is 17.3 Å². The normalized spacial score (nSPS) is 13.4. The number of aromatic nitrogens is 2. The molecule has 20 heavy (non-hydrogen) atoms. The number of benzene rings is 1. The van der Waals surface area contributed by atoms with E-state index in [0.29, 0.717) is 18.1 Å². The van der Waals surface area contributed by atoms with Gasteiger partial charge in [-0.2, -0.15) is 4.98 Å². The van der Waals surface area contributed by atoms with Crippen LogP contribution in [-0.2, 0) is 11.8 Å². The summed E-state index contributed by atoms with van der Waals surface area (Å²) in [5.74, 6) is 0.643. The van der Waals surface area contributed by atoms with Crippen LogP contribution in [0.3, 0.4) is 0 Å². The van der Waals surface area contributed by atoms with E-state index in [1.807, 2.05) is 20.8 Å². The van der Waals surface area contributed by atoms with Gasteiger partial charge >= 0.3 is 0 Å².